The van der Waals surface area contributed by atoms with Crippen molar-refractivity contribution in [3.63, 3.8) is 0 Å². The van der Waals surface area contributed by atoms with Gasteiger partial charge in [-0.25, -0.2) is 31.0 Å². The molecule has 2 saturated carbocycles. The van der Waals surface area contributed by atoms with Crippen LogP contribution in [0, 0.1) is 5.92 Å². The topological polar surface area (TPSA) is 126 Å². The average molecular weight is 629 g/mol. The zero-order chi connectivity index (χ0) is 29.0. The maximum Gasteiger partial charge on any atom is 0.388 e. The molecule has 0 bridgehead atoms. The molecular weight excluding hydrogens is 603 g/mol. The van der Waals surface area contributed by atoms with Gasteiger partial charge >= 0.3 is 6.61 Å². The lowest BCUT2D eigenvalue weighted by molar-refractivity contribution is -0.117. The molecule has 10 nitrogen and oxygen atoms in total. The zero-order valence-corrected chi connectivity index (χ0v) is 23.3. The van der Waals surface area contributed by atoms with Crippen molar-refractivity contribution in [2.75, 3.05) is 10.6 Å². The Morgan fingerprint density at radius 3 is 2.60 bits per heavy atom. The van der Waals surface area contributed by atoms with E-state index in [-0.39, 0.29) is 45.6 Å². The fourth-order valence-corrected chi connectivity index (χ4v) is 8.24. The number of thiophene rings is 1. The second kappa shape index (κ2) is 10.7. The van der Waals surface area contributed by atoms with Crippen LogP contribution in [-0.2, 0) is 34.7 Å². The molecule has 5 rings (SSSR count). The Bertz CT molecular complexity index is 1420. The minimum absolute atomic E-state index is 0.0236. The molecule has 2 unspecified atom stereocenters. The van der Waals surface area contributed by atoms with Gasteiger partial charge in [0.15, 0.2) is 5.11 Å². The second-order valence-corrected chi connectivity index (χ2v) is 13.2. The SMILES string of the molecule is Cn1nc(OC(F)F)cc1NC(=S)N[C@H]1CCc2sc(NC(=O)C3CC3F)c(S(=O)(=O)NC3CC(F)(F)C3)c2C1. The molecule has 2 aromatic heterocycles. The van der Waals surface area contributed by atoms with Crippen molar-refractivity contribution in [1.29, 1.82) is 0 Å². The van der Waals surface area contributed by atoms with E-state index in [4.69, 9.17) is 12.2 Å². The number of aromatic nitrogens is 2. The van der Waals surface area contributed by atoms with E-state index in [0.29, 0.717) is 23.3 Å². The number of nitrogens with zero attached hydrogens (tertiary/aromatic N) is 2. The van der Waals surface area contributed by atoms with Crippen LogP contribution in [0.4, 0.5) is 32.8 Å². The number of amides is 1. The summed E-state index contributed by atoms with van der Waals surface area (Å²) in [6, 6.07) is -0.0871. The molecule has 0 spiro atoms. The minimum Gasteiger partial charge on any atom is -0.415 e. The number of aryl methyl sites for hydroxylation is 2. The summed E-state index contributed by atoms with van der Waals surface area (Å²) in [5.41, 5.74) is 0.409. The molecule has 40 heavy (non-hydrogen) atoms. The molecule has 0 radical (unpaired) electrons. The van der Waals surface area contributed by atoms with Crippen LogP contribution in [0.2, 0.25) is 0 Å². The smallest absolute Gasteiger partial charge is 0.388 e. The van der Waals surface area contributed by atoms with Crippen LogP contribution in [0.15, 0.2) is 11.0 Å². The van der Waals surface area contributed by atoms with Crippen molar-refractivity contribution in [3.05, 3.63) is 16.5 Å². The lowest BCUT2D eigenvalue weighted by Crippen LogP contribution is -2.50. The molecule has 2 heterocycles. The van der Waals surface area contributed by atoms with E-state index in [0.717, 1.165) is 11.3 Å². The Kier molecular flexibility index (Phi) is 7.73. The predicted octanol–water partition coefficient (Wildman–Crippen LogP) is 3.30. The highest BCUT2D eigenvalue weighted by Gasteiger charge is 2.48. The van der Waals surface area contributed by atoms with Gasteiger partial charge in [-0.2, -0.15) is 8.78 Å². The number of nitrogens with one attached hydrogen (secondary N) is 4. The molecule has 2 aromatic rings. The fourth-order valence-electron chi connectivity index (χ4n) is 4.75. The number of sulfonamides is 1. The number of halogens is 5. The Balaban J connectivity index is 1.33. The van der Waals surface area contributed by atoms with E-state index in [9.17, 15) is 35.2 Å². The largest absolute Gasteiger partial charge is 0.415 e. The number of anilines is 2. The summed E-state index contributed by atoms with van der Waals surface area (Å²) in [5, 5.41) is 12.4. The number of ether oxygens (including phenoxy) is 1. The van der Waals surface area contributed by atoms with E-state index < -0.39 is 59.4 Å². The first-order valence-electron chi connectivity index (χ1n) is 12.3. The van der Waals surface area contributed by atoms with E-state index in [1.807, 2.05) is 0 Å². The Morgan fingerprint density at radius 1 is 1.27 bits per heavy atom. The summed E-state index contributed by atoms with van der Waals surface area (Å²) in [6.07, 6.45) is -1.37. The number of carbonyl (C=O) groups is 1. The van der Waals surface area contributed by atoms with Gasteiger partial charge in [0.05, 0.1) is 5.92 Å². The standard InChI is InChI=1S/C22H25F5N6O4S3/c1-33-15(6-16(31-33)37-20(24)25)29-21(38)28-9-2-3-14-12(4-9)17(19(39-14)30-18(34)11-5-13(11)23)40(35,36)32-10-7-22(26,27)8-10/h6,9-11,13,20,32H,2-5,7-8H2,1H3,(H,30,34)(H2,28,29,38)/t9-,11?,13?/m0/s1. The molecular formula is C22H25F5N6O4S3. The van der Waals surface area contributed by atoms with Crippen LogP contribution in [-0.4, -0.2) is 60.0 Å². The highest BCUT2D eigenvalue weighted by atomic mass is 32.2. The zero-order valence-electron chi connectivity index (χ0n) is 20.8. The third-order valence-electron chi connectivity index (χ3n) is 6.82. The number of carbonyl (C=O) groups excluding carboxylic acids is 1. The van der Waals surface area contributed by atoms with Crippen LogP contribution < -0.4 is 25.4 Å². The Morgan fingerprint density at radius 2 is 1.98 bits per heavy atom. The normalized spacial score (nSPS) is 23.7. The number of hydrogen-bond donors (Lipinski definition) is 4. The molecule has 18 heteroatoms. The summed E-state index contributed by atoms with van der Waals surface area (Å²) in [7, 11) is -2.83. The van der Waals surface area contributed by atoms with E-state index in [1.165, 1.54) is 17.8 Å². The van der Waals surface area contributed by atoms with Gasteiger partial charge in [0.2, 0.25) is 21.8 Å². The van der Waals surface area contributed by atoms with Gasteiger partial charge in [0, 0.05) is 42.9 Å². The predicted molar refractivity (Wildman–Crippen MR) is 139 cm³/mol. The summed E-state index contributed by atoms with van der Waals surface area (Å²) in [4.78, 5) is 13.0. The van der Waals surface area contributed by atoms with Gasteiger partial charge in [0.1, 0.15) is 21.9 Å². The van der Waals surface area contributed by atoms with Gasteiger partial charge in [-0.1, -0.05) is 0 Å². The molecule has 3 aliphatic rings. The van der Waals surface area contributed by atoms with Crippen LogP contribution in [0.1, 0.15) is 36.1 Å². The lowest BCUT2D eigenvalue weighted by Gasteiger charge is -2.35. The first-order chi connectivity index (χ1) is 18.7. The number of alkyl halides is 5. The highest BCUT2D eigenvalue weighted by Crippen LogP contribution is 2.44. The molecule has 1 amide bonds. The van der Waals surface area contributed by atoms with Crippen molar-refractivity contribution in [2.24, 2.45) is 13.0 Å². The van der Waals surface area contributed by atoms with Crippen LogP contribution in [0.25, 0.3) is 0 Å². The summed E-state index contributed by atoms with van der Waals surface area (Å²) >= 11 is 6.41. The van der Waals surface area contributed by atoms with Crippen LogP contribution in [0.5, 0.6) is 5.88 Å². The summed E-state index contributed by atoms with van der Waals surface area (Å²) in [5.74, 6) is -4.48. The number of rotatable bonds is 9. The summed E-state index contributed by atoms with van der Waals surface area (Å²) in [6.45, 7) is -3.05. The molecule has 0 aromatic carbocycles. The second-order valence-electron chi connectivity index (χ2n) is 10.0. The monoisotopic (exact) mass is 628 g/mol. The minimum atomic E-state index is -4.32. The Labute approximate surface area is 235 Å². The lowest BCUT2D eigenvalue weighted by atomic mass is 9.89. The number of thiocarbonyl (C=S) groups is 1. The van der Waals surface area contributed by atoms with Gasteiger partial charge in [0.25, 0.3) is 5.92 Å². The average Bonchev–Trinajstić information content (AvgIpc) is 3.29. The van der Waals surface area contributed by atoms with Crippen molar-refractivity contribution in [2.45, 2.75) is 74.2 Å². The van der Waals surface area contributed by atoms with Gasteiger partial charge in [-0.3, -0.25) is 4.79 Å². The van der Waals surface area contributed by atoms with E-state index >= 15 is 0 Å². The molecule has 4 N–H and O–H groups in total. The van der Waals surface area contributed by atoms with Crippen molar-refractivity contribution in [3.8, 4) is 5.88 Å². The van der Waals surface area contributed by atoms with Gasteiger partial charge in [-0.05, 0) is 43.5 Å². The van der Waals surface area contributed by atoms with Crippen molar-refractivity contribution in [1.82, 2.24) is 19.8 Å². The van der Waals surface area contributed by atoms with Gasteiger partial charge in [-0.15, -0.1) is 16.4 Å². The molecule has 3 atom stereocenters. The highest BCUT2D eigenvalue weighted by molar-refractivity contribution is 7.90. The first kappa shape index (κ1) is 28.9. The molecule has 3 aliphatic carbocycles. The summed E-state index contributed by atoms with van der Waals surface area (Å²) < 4.78 is 99.8. The molecule has 2 fully saturated rings. The van der Waals surface area contributed by atoms with E-state index in [1.54, 1.807) is 0 Å². The van der Waals surface area contributed by atoms with E-state index in [2.05, 4.69) is 30.5 Å². The molecule has 220 valence electrons. The van der Waals surface area contributed by atoms with Crippen molar-refractivity contribution < 1.29 is 39.9 Å². The third kappa shape index (κ3) is 6.33. The fraction of sp³-hybridized carbons (Fsp3) is 0.591. The quantitative estimate of drug-likeness (QED) is 0.246. The first-order valence-corrected chi connectivity index (χ1v) is 15.0. The third-order valence-corrected chi connectivity index (χ3v) is 10.0. The maximum absolute atomic E-state index is 13.5. The van der Waals surface area contributed by atoms with Crippen LogP contribution in [0.3, 0.4) is 0 Å². The van der Waals surface area contributed by atoms with Crippen LogP contribution >= 0.6 is 23.6 Å². The number of fused-ring (bicyclic) bond motifs is 1. The Hall–Kier alpha value is -2.57. The molecule has 0 saturated heterocycles. The molecule has 0 aliphatic heterocycles. The van der Waals surface area contributed by atoms with Gasteiger partial charge < -0.3 is 20.7 Å². The number of hydrogen-bond acceptors (Lipinski definition) is 7. The van der Waals surface area contributed by atoms with Crippen molar-refractivity contribution >= 4 is 55.4 Å². The maximum atomic E-state index is 13.5.